The first-order valence-electron chi connectivity index (χ1n) is 11.1. The van der Waals surface area contributed by atoms with Crippen LogP contribution in [0, 0.1) is 29.5 Å². The molecule has 0 radical (unpaired) electrons. The molecule has 3 fully saturated rings. The van der Waals surface area contributed by atoms with E-state index in [9.17, 15) is 4.39 Å². The summed E-state index contributed by atoms with van der Waals surface area (Å²) >= 11 is 0. The summed E-state index contributed by atoms with van der Waals surface area (Å²) in [5.74, 6) is 4.36. The molecule has 0 N–H and O–H groups in total. The van der Waals surface area contributed by atoms with Crippen molar-refractivity contribution in [3.8, 4) is 0 Å². The summed E-state index contributed by atoms with van der Waals surface area (Å²) in [6, 6.07) is 7.26. The average molecular weight is 359 g/mol. The largest absolute Gasteiger partial charge is 0.378 e. The lowest BCUT2D eigenvalue weighted by atomic mass is 9.62. The van der Waals surface area contributed by atoms with E-state index in [1.165, 1.54) is 69.8 Å². The SMILES string of the molecule is CCOC1CCC2CC(C3CCC(c4ccc(F)cc4)CC3)CCC2C1. The normalized spacial score (nSPS) is 37.9. The van der Waals surface area contributed by atoms with Gasteiger partial charge in [-0.05, 0) is 118 Å². The highest BCUT2D eigenvalue weighted by molar-refractivity contribution is 5.21. The van der Waals surface area contributed by atoms with Crippen LogP contribution in [0.25, 0.3) is 0 Å². The van der Waals surface area contributed by atoms with Crippen molar-refractivity contribution in [2.45, 2.75) is 83.2 Å². The van der Waals surface area contributed by atoms with Gasteiger partial charge in [0, 0.05) is 6.61 Å². The fourth-order valence-corrected chi connectivity index (χ4v) is 6.36. The number of fused-ring (bicyclic) bond motifs is 1. The topological polar surface area (TPSA) is 9.23 Å². The molecule has 4 rings (SSSR count). The summed E-state index contributed by atoms with van der Waals surface area (Å²) in [5.41, 5.74) is 1.35. The van der Waals surface area contributed by atoms with E-state index in [0.717, 1.165) is 30.3 Å². The van der Waals surface area contributed by atoms with Gasteiger partial charge >= 0.3 is 0 Å². The lowest BCUT2D eigenvalue weighted by molar-refractivity contribution is -0.0205. The van der Waals surface area contributed by atoms with E-state index in [1.54, 1.807) is 12.1 Å². The van der Waals surface area contributed by atoms with Crippen molar-refractivity contribution >= 4 is 0 Å². The van der Waals surface area contributed by atoms with E-state index in [1.807, 2.05) is 12.1 Å². The predicted molar refractivity (Wildman–Crippen MR) is 105 cm³/mol. The second-order valence-electron chi connectivity index (χ2n) is 9.15. The number of halogens is 1. The number of rotatable bonds is 4. The van der Waals surface area contributed by atoms with Gasteiger partial charge in [-0.1, -0.05) is 12.1 Å². The van der Waals surface area contributed by atoms with Crippen molar-refractivity contribution in [1.29, 1.82) is 0 Å². The lowest BCUT2D eigenvalue weighted by Crippen LogP contribution is -2.36. The Morgan fingerprint density at radius 3 is 2.04 bits per heavy atom. The van der Waals surface area contributed by atoms with Crippen molar-refractivity contribution in [2.24, 2.45) is 23.7 Å². The van der Waals surface area contributed by atoms with E-state index in [0.29, 0.717) is 12.0 Å². The molecule has 26 heavy (non-hydrogen) atoms. The van der Waals surface area contributed by atoms with Crippen molar-refractivity contribution in [3.05, 3.63) is 35.6 Å². The van der Waals surface area contributed by atoms with Crippen molar-refractivity contribution in [3.63, 3.8) is 0 Å². The van der Waals surface area contributed by atoms with E-state index in [2.05, 4.69) is 6.92 Å². The van der Waals surface area contributed by atoms with Gasteiger partial charge in [0.15, 0.2) is 0 Å². The standard InChI is InChI=1S/C24H35FO/c1-2-26-24-14-11-21-15-20(7-8-22(21)16-24)19-5-3-17(4-6-19)18-9-12-23(25)13-10-18/h9-10,12-13,17,19-22,24H,2-8,11,14-16H2,1H3. The smallest absolute Gasteiger partial charge is 0.123 e. The minimum absolute atomic E-state index is 0.113. The van der Waals surface area contributed by atoms with Gasteiger partial charge < -0.3 is 4.74 Å². The third-order valence-corrected chi connectivity index (χ3v) is 7.79. The van der Waals surface area contributed by atoms with E-state index in [-0.39, 0.29) is 5.82 Å². The third-order valence-electron chi connectivity index (χ3n) is 7.79. The Morgan fingerprint density at radius 1 is 0.769 bits per heavy atom. The van der Waals surface area contributed by atoms with E-state index in [4.69, 9.17) is 4.74 Å². The molecular weight excluding hydrogens is 323 g/mol. The molecule has 3 aliphatic rings. The molecule has 0 aromatic heterocycles. The summed E-state index contributed by atoms with van der Waals surface area (Å²) in [5, 5.41) is 0. The predicted octanol–water partition coefficient (Wildman–Crippen LogP) is 6.72. The molecule has 0 amide bonds. The van der Waals surface area contributed by atoms with E-state index < -0.39 is 0 Å². The van der Waals surface area contributed by atoms with Gasteiger partial charge in [-0.2, -0.15) is 0 Å². The highest BCUT2D eigenvalue weighted by Gasteiger charge is 2.39. The highest BCUT2D eigenvalue weighted by atomic mass is 19.1. The molecule has 1 nitrogen and oxygen atoms in total. The van der Waals surface area contributed by atoms with Gasteiger partial charge in [0.2, 0.25) is 0 Å². The average Bonchev–Trinajstić information content (AvgIpc) is 2.69. The molecule has 0 heterocycles. The summed E-state index contributed by atoms with van der Waals surface area (Å²) in [6.45, 7) is 3.01. The molecule has 1 aromatic rings. The zero-order valence-electron chi connectivity index (χ0n) is 16.3. The minimum Gasteiger partial charge on any atom is -0.378 e. The third kappa shape index (κ3) is 4.16. The summed E-state index contributed by atoms with van der Waals surface area (Å²) in [6.07, 6.45) is 14.3. The zero-order valence-corrected chi connectivity index (χ0v) is 16.3. The van der Waals surface area contributed by atoms with Gasteiger partial charge in [-0.15, -0.1) is 0 Å². The number of ether oxygens (including phenoxy) is 1. The molecule has 4 atom stereocenters. The van der Waals surface area contributed by atoms with Crippen LogP contribution < -0.4 is 0 Å². The van der Waals surface area contributed by atoms with Crippen molar-refractivity contribution in [1.82, 2.24) is 0 Å². The molecule has 2 heteroatoms. The van der Waals surface area contributed by atoms with Crippen LogP contribution in [0.15, 0.2) is 24.3 Å². The van der Waals surface area contributed by atoms with Crippen LogP contribution in [0.3, 0.4) is 0 Å². The first kappa shape index (κ1) is 18.5. The molecule has 144 valence electrons. The maximum absolute atomic E-state index is 13.2. The Morgan fingerprint density at radius 2 is 1.35 bits per heavy atom. The quantitative estimate of drug-likeness (QED) is 0.580. The molecule has 3 aliphatic carbocycles. The Balaban J connectivity index is 1.27. The molecule has 0 spiro atoms. The molecule has 3 saturated carbocycles. The van der Waals surface area contributed by atoms with Gasteiger partial charge in [0.25, 0.3) is 0 Å². The van der Waals surface area contributed by atoms with Gasteiger partial charge in [0.05, 0.1) is 6.10 Å². The fraction of sp³-hybridized carbons (Fsp3) is 0.750. The highest BCUT2D eigenvalue weighted by Crippen LogP contribution is 2.49. The fourth-order valence-electron chi connectivity index (χ4n) is 6.36. The monoisotopic (exact) mass is 358 g/mol. The number of hydrogen-bond acceptors (Lipinski definition) is 1. The Hall–Kier alpha value is -0.890. The summed E-state index contributed by atoms with van der Waals surface area (Å²) < 4.78 is 19.1. The van der Waals surface area contributed by atoms with Gasteiger partial charge in [-0.3, -0.25) is 0 Å². The Kier molecular flexibility index (Phi) is 5.98. The van der Waals surface area contributed by atoms with Crippen LogP contribution in [-0.2, 0) is 4.74 Å². The lowest BCUT2D eigenvalue weighted by Gasteiger charge is -2.45. The summed E-state index contributed by atoms with van der Waals surface area (Å²) in [7, 11) is 0. The van der Waals surface area contributed by atoms with Gasteiger partial charge in [0.1, 0.15) is 5.82 Å². The number of benzene rings is 1. The number of hydrogen-bond donors (Lipinski definition) is 0. The second kappa shape index (κ2) is 8.42. The first-order chi connectivity index (χ1) is 12.7. The van der Waals surface area contributed by atoms with Crippen LogP contribution in [0.2, 0.25) is 0 Å². The molecular formula is C24H35FO. The second-order valence-corrected chi connectivity index (χ2v) is 9.15. The Bertz CT molecular complexity index is 560. The van der Waals surface area contributed by atoms with Crippen molar-refractivity contribution in [2.75, 3.05) is 6.61 Å². The molecule has 0 bridgehead atoms. The van der Waals surface area contributed by atoms with Crippen molar-refractivity contribution < 1.29 is 9.13 Å². The molecule has 4 unspecified atom stereocenters. The Labute approximate surface area is 158 Å². The van der Waals surface area contributed by atoms with Crippen LogP contribution >= 0.6 is 0 Å². The van der Waals surface area contributed by atoms with E-state index >= 15 is 0 Å². The molecule has 1 aromatic carbocycles. The first-order valence-corrected chi connectivity index (χ1v) is 11.1. The maximum Gasteiger partial charge on any atom is 0.123 e. The zero-order chi connectivity index (χ0) is 17.9. The van der Waals surface area contributed by atoms with Crippen LogP contribution in [0.1, 0.15) is 82.6 Å². The summed E-state index contributed by atoms with van der Waals surface area (Å²) in [4.78, 5) is 0. The molecule has 0 saturated heterocycles. The van der Waals surface area contributed by atoms with Crippen LogP contribution in [0.4, 0.5) is 4.39 Å². The minimum atomic E-state index is -0.113. The molecule has 0 aliphatic heterocycles. The van der Waals surface area contributed by atoms with Crippen LogP contribution in [-0.4, -0.2) is 12.7 Å². The van der Waals surface area contributed by atoms with Gasteiger partial charge in [-0.25, -0.2) is 4.39 Å². The maximum atomic E-state index is 13.2. The van der Waals surface area contributed by atoms with Crippen LogP contribution in [0.5, 0.6) is 0 Å².